The van der Waals surface area contributed by atoms with E-state index < -0.39 is 0 Å². The van der Waals surface area contributed by atoms with Crippen LogP contribution in [0.1, 0.15) is 16.7 Å². The summed E-state index contributed by atoms with van der Waals surface area (Å²) in [5.41, 5.74) is 4.60. The molecule has 0 aliphatic heterocycles. The lowest BCUT2D eigenvalue weighted by molar-refractivity contribution is 0.620. The molecule has 3 heteroatoms. The summed E-state index contributed by atoms with van der Waals surface area (Å²) in [6, 6.07) is 11.4. The van der Waals surface area contributed by atoms with Gasteiger partial charge in [-0.25, -0.2) is 4.39 Å². The van der Waals surface area contributed by atoms with Crippen molar-refractivity contribution in [2.75, 3.05) is 5.32 Å². The molecule has 0 bridgehead atoms. The minimum atomic E-state index is -0.231. The number of hydrogen-bond donors (Lipinski definition) is 1. The molecule has 0 amide bonds. The van der Waals surface area contributed by atoms with Crippen molar-refractivity contribution < 1.29 is 4.39 Å². The first kappa shape index (κ1) is 13.1. The molecule has 0 aliphatic carbocycles. The Morgan fingerprint density at radius 3 is 2.61 bits per heavy atom. The van der Waals surface area contributed by atoms with Crippen LogP contribution in [0.3, 0.4) is 0 Å². The highest BCUT2D eigenvalue weighted by atomic mass is 79.9. The lowest BCUT2D eigenvalue weighted by atomic mass is 10.1. The smallest absolute Gasteiger partial charge is 0.137 e. The van der Waals surface area contributed by atoms with Crippen LogP contribution in [0, 0.1) is 19.7 Å². The zero-order valence-corrected chi connectivity index (χ0v) is 12.0. The van der Waals surface area contributed by atoms with Gasteiger partial charge in [-0.15, -0.1) is 0 Å². The molecule has 0 aliphatic rings. The van der Waals surface area contributed by atoms with Gasteiger partial charge in [0, 0.05) is 12.2 Å². The average Bonchev–Trinajstić information content (AvgIpc) is 2.34. The highest BCUT2D eigenvalue weighted by molar-refractivity contribution is 9.10. The van der Waals surface area contributed by atoms with E-state index in [1.807, 2.05) is 0 Å². The van der Waals surface area contributed by atoms with E-state index in [1.54, 1.807) is 12.1 Å². The van der Waals surface area contributed by atoms with Gasteiger partial charge >= 0.3 is 0 Å². The Balaban J connectivity index is 2.11. The molecule has 0 radical (unpaired) electrons. The Morgan fingerprint density at radius 1 is 1.11 bits per heavy atom. The number of nitrogens with one attached hydrogen (secondary N) is 1. The van der Waals surface area contributed by atoms with E-state index in [4.69, 9.17) is 0 Å². The Kier molecular flexibility index (Phi) is 4.02. The summed E-state index contributed by atoms with van der Waals surface area (Å²) in [5.74, 6) is -0.231. The third-order valence-corrected chi connectivity index (χ3v) is 3.47. The lowest BCUT2D eigenvalue weighted by Gasteiger charge is -2.11. The topological polar surface area (TPSA) is 12.0 Å². The van der Waals surface area contributed by atoms with Gasteiger partial charge in [0.2, 0.25) is 0 Å². The van der Waals surface area contributed by atoms with E-state index in [-0.39, 0.29) is 5.82 Å². The molecule has 0 unspecified atom stereocenters. The maximum atomic E-state index is 13.1. The van der Waals surface area contributed by atoms with Crippen LogP contribution in [0.25, 0.3) is 0 Å². The normalized spacial score (nSPS) is 10.4. The van der Waals surface area contributed by atoms with E-state index in [1.165, 1.54) is 17.2 Å². The zero-order valence-electron chi connectivity index (χ0n) is 10.4. The van der Waals surface area contributed by atoms with Crippen LogP contribution >= 0.6 is 15.9 Å². The molecule has 2 rings (SSSR count). The van der Waals surface area contributed by atoms with E-state index in [2.05, 4.69) is 53.3 Å². The van der Waals surface area contributed by atoms with E-state index in [0.29, 0.717) is 11.0 Å². The fraction of sp³-hybridized carbons (Fsp3) is 0.200. The predicted molar refractivity (Wildman–Crippen MR) is 77.3 cm³/mol. The lowest BCUT2D eigenvalue weighted by Crippen LogP contribution is -2.01. The molecule has 18 heavy (non-hydrogen) atoms. The molecular weight excluding hydrogens is 293 g/mol. The maximum Gasteiger partial charge on any atom is 0.137 e. The molecule has 1 N–H and O–H groups in total. The van der Waals surface area contributed by atoms with Crippen LogP contribution < -0.4 is 5.32 Å². The number of halogens is 2. The van der Waals surface area contributed by atoms with Crippen molar-refractivity contribution in [3.05, 3.63) is 63.4 Å². The molecule has 0 aromatic heterocycles. The molecule has 0 atom stereocenters. The second-order valence-electron chi connectivity index (χ2n) is 4.42. The van der Waals surface area contributed by atoms with Crippen molar-refractivity contribution in [1.82, 2.24) is 0 Å². The van der Waals surface area contributed by atoms with Crippen molar-refractivity contribution in [3.8, 4) is 0 Å². The van der Waals surface area contributed by atoms with E-state index >= 15 is 0 Å². The molecule has 2 aromatic carbocycles. The van der Waals surface area contributed by atoms with Crippen molar-refractivity contribution in [3.63, 3.8) is 0 Å². The fourth-order valence-corrected chi connectivity index (χ4v) is 2.20. The first-order valence-electron chi connectivity index (χ1n) is 5.81. The van der Waals surface area contributed by atoms with Gasteiger partial charge in [-0.1, -0.05) is 18.2 Å². The summed E-state index contributed by atoms with van der Waals surface area (Å²) >= 11 is 3.20. The maximum absolute atomic E-state index is 13.1. The van der Waals surface area contributed by atoms with Gasteiger partial charge in [0.05, 0.1) is 4.47 Å². The summed E-state index contributed by atoms with van der Waals surface area (Å²) in [4.78, 5) is 0. The van der Waals surface area contributed by atoms with Crippen LogP contribution in [0.4, 0.5) is 10.1 Å². The molecule has 0 spiro atoms. The van der Waals surface area contributed by atoms with Crippen LogP contribution in [0.15, 0.2) is 40.9 Å². The molecule has 0 saturated heterocycles. The van der Waals surface area contributed by atoms with Gasteiger partial charge in [0.25, 0.3) is 0 Å². The summed E-state index contributed by atoms with van der Waals surface area (Å²) in [6.45, 7) is 4.82. The number of benzene rings is 2. The molecule has 0 fully saturated rings. The number of hydrogen-bond acceptors (Lipinski definition) is 1. The van der Waals surface area contributed by atoms with E-state index in [0.717, 1.165) is 11.3 Å². The average molecular weight is 308 g/mol. The van der Waals surface area contributed by atoms with Crippen molar-refractivity contribution >= 4 is 21.6 Å². The van der Waals surface area contributed by atoms with Gasteiger partial charge in [0.15, 0.2) is 0 Å². The number of rotatable bonds is 3. The minimum absolute atomic E-state index is 0.231. The van der Waals surface area contributed by atoms with Crippen LogP contribution in [-0.4, -0.2) is 0 Å². The molecular formula is C15H15BrFN. The van der Waals surface area contributed by atoms with Crippen LogP contribution in [-0.2, 0) is 6.54 Å². The number of aryl methyl sites for hydroxylation is 2. The van der Waals surface area contributed by atoms with Gasteiger partial charge < -0.3 is 5.32 Å². The Labute approximate surface area is 115 Å². The highest BCUT2D eigenvalue weighted by Gasteiger charge is 2.02. The van der Waals surface area contributed by atoms with Crippen LogP contribution in [0.2, 0.25) is 0 Å². The molecule has 0 saturated carbocycles. The second kappa shape index (κ2) is 5.53. The van der Waals surface area contributed by atoms with E-state index in [9.17, 15) is 4.39 Å². The third kappa shape index (κ3) is 3.10. The SMILES string of the molecule is Cc1ccc(C)c(NCc2ccc(F)c(Br)c2)c1. The standard InChI is InChI=1S/C15H15BrFN/c1-10-3-4-11(2)15(7-10)18-9-12-5-6-14(17)13(16)8-12/h3-8,18H,9H2,1-2H3. The number of anilines is 1. The molecule has 0 heterocycles. The monoisotopic (exact) mass is 307 g/mol. The Bertz CT molecular complexity index is 566. The largest absolute Gasteiger partial charge is 0.381 e. The Hall–Kier alpha value is -1.35. The summed E-state index contributed by atoms with van der Waals surface area (Å²) in [5, 5.41) is 3.37. The van der Waals surface area contributed by atoms with Crippen LogP contribution in [0.5, 0.6) is 0 Å². The minimum Gasteiger partial charge on any atom is -0.381 e. The Morgan fingerprint density at radius 2 is 1.89 bits per heavy atom. The van der Waals surface area contributed by atoms with Gasteiger partial charge in [-0.05, 0) is 64.7 Å². The van der Waals surface area contributed by atoms with Gasteiger partial charge in [0.1, 0.15) is 5.82 Å². The van der Waals surface area contributed by atoms with Gasteiger partial charge in [-0.2, -0.15) is 0 Å². The van der Waals surface area contributed by atoms with Gasteiger partial charge in [-0.3, -0.25) is 0 Å². The molecule has 1 nitrogen and oxygen atoms in total. The molecule has 2 aromatic rings. The quantitative estimate of drug-likeness (QED) is 0.857. The highest BCUT2D eigenvalue weighted by Crippen LogP contribution is 2.20. The summed E-state index contributed by atoms with van der Waals surface area (Å²) < 4.78 is 13.6. The predicted octanol–water partition coefficient (Wildman–Crippen LogP) is 4.82. The fourth-order valence-electron chi connectivity index (χ4n) is 1.77. The summed E-state index contributed by atoms with van der Waals surface area (Å²) in [7, 11) is 0. The summed E-state index contributed by atoms with van der Waals surface area (Å²) in [6.07, 6.45) is 0. The third-order valence-electron chi connectivity index (χ3n) is 2.86. The first-order chi connectivity index (χ1) is 8.56. The zero-order chi connectivity index (χ0) is 13.1. The molecule has 94 valence electrons. The van der Waals surface area contributed by atoms with Crippen molar-refractivity contribution in [1.29, 1.82) is 0 Å². The second-order valence-corrected chi connectivity index (χ2v) is 5.27. The van der Waals surface area contributed by atoms with Crippen molar-refractivity contribution in [2.45, 2.75) is 20.4 Å². The first-order valence-corrected chi connectivity index (χ1v) is 6.60. The van der Waals surface area contributed by atoms with Crippen molar-refractivity contribution in [2.24, 2.45) is 0 Å².